The maximum atomic E-state index is 12.4. The molecule has 8 heteroatoms. The van der Waals surface area contributed by atoms with Crippen molar-refractivity contribution in [1.29, 1.82) is 0 Å². The zero-order valence-electron chi connectivity index (χ0n) is 15.8. The lowest BCUT2D eigenvalue weighted by Gasteiger charge is -2.10. The highest BCUT2D eigenvalue weighted by Gasteiger charge is 2.16. The zero-order valence-corrected chi connectivity index (χ0v) is 15.8. The number of phenols is 2. The first kappa shape index (κ1) is 20.6. The van der Waals surface area contributed by atoms with Crippen LogP contribution in [0.3, 0.4) is 0 Å². The molecule has 0 aliphatic heterocycles. The van der Waals surface area contributed by atoms with Gasteiger partial charge in [0.05, 0.1) is 28.4 Å². The van der Waals surface area contributed by atoms with E-state index in [-0.39, 0.29) is 45.6 Å². The summed E-state index contributed by atoms with van der Waals surface area (Å²) >= 11 is 0. The molecule has 0 aliphatic carbocycles. The first-order chi connectivity index (χ1) is 13.4. The summed E-state index contributed by atoms with van der Waals surface area (Å²) < 4.78 is 20.0. The van der Waals surface area contributed by atoms with Crippen LogP contribution in [-0.2, 0) is 0 Å². The molecule has 0 saturated heterocycles. The third kappa shape index (κ3) is 4.17. The summed E-state index contributed by atoms with van der Waals surface area (Å²) in [6.45, 7) is 0. The summed E-state index contributed by atoms with van der Waals surface area (Å²) in [7, 11) is 5.36. The molecule has 0 spiro atoms. The van der Waals surface area contributed by atoms with Crippen LogP contribution in [0.25, 0.3) is 0 Å². The van der Waals surface area contributed by atoms with Gasteiger partial charge in [-0.2, -0.15) is 0 Å². The molecule has 0 fully saturated rings. The van der Waals surface area contributed by atoms with Crippen molar-refractivity contribution >= 4 is 11.6 Å². The standard InChI is InChI=1S/C20H20O8/c1-25-15-7-11(8-16(26-2)19(15)23)13(21)5-6-14(22)12-9-17(27-3)20(24)18(10-12)28-4/h5-10,23-24H,1-4H3/b6-5+. The number of hydrogen-bond donors (Lipinski definition) is 2. The van der Waals surface area contributed by atoms with Gasteiger partial charge < -0.3 is 29.2 Å². The van der Waals surface area contributed by atoms with Gasteiger partial charge in [-0.3, -0.25) is 9.59 Å². The number of ether oxygens (including phenoxy) is 4. The monoisotopic (exact) mass is 388 g/mol. The normalized spacial score (nSPS) is 10.6. The fraction of sp³-hybridized carbons (Fsp3) is 0.200. The van der Waals surface area contributed by atoms with Crippen molar-refractivity contribution in [1.82, 2.24) is 0 Å². The van der Waals surface area contributed by atoms with E-state index in [1.165, 1.54) is 52.7 Å². The average Bonchev–Trinajstić information content (AvgIpc) is 2.71. The van der Waals surface area contributed by atoms with Crippen LogP contribution in [0.1, 0.15) is 20.7 Å². The predicted octanol–water partition coefficient (Wildman–Crippen LogP) is 2.75. The second-order valence-corrected chi connectivity index (χ2v) is 5.52. The van der Waals surface area contributed by atoms with Gasteiger partial charge in [-0.05, 0) is 36.4 Å². The number of hydrogen-bond acceptors (Lipinski definition) is 8. The van der Waals surface area contributed by atoms with Crippen molar-refractivity contribution in [3.63, 3.8) is 0 Å². The van der Waals surface area contributed by atoms with Crippen molar-refractivity contribution in [3.05, 3.63) is 47.5 Å². The first-order valence-corrected chi connectivity index (χ1v) is 8.03. The summed E-state index contributed by atoms with van der Waals surface area (Å²) in [5.74, 6) is -1.20. The van der Waals surface area contributed by atoms with Crippen LogP contribution in [0.5, 0.6) is 34.5 Å². The minimum Gasteiger partial charge on any atom is -0.502 e. The van der Waals surface area contributed by atoms with Crippen LogP contribution < -0.4 is 18.9 Å². The topological polar surface area (TPSA) is 112 Å². The first-order valence-electron chi connectivity index (χ1n) is 8.03. The molecule has 2 aromatic carbocycles. The van der Waals surface area contributed by atoms with Crippen molar-refractivity contribution < 1.29 is 38.7 Å². The highest BCUT2D eigenvalue weighted by molar-refractivity contribution is 6.12. The maximum Gasteiger partial charge on any atom is 0.200 e. The van der Waals surface area contributed by atoms with Crippen molar-refractivity contribution in [2.45, 2.75) is 0 Å². The zero-order chi connectivity index (χ0) is 20.8. The van der Waals surface area contributed by atoms with E-state index in [1.54, 1.807) is 0 Å². The molecule has 0 unspecified atom stereocenters. The lowest BCUT2D eigenvalue weighted by Crippen LogP contribution is -2.01. The minimum absolute atomic E-state index is 0.0652. The second kappa shape index (κ2) is 8.81. The third-order valence-electron chi connectivity index (χ3n) is 3.91. The van der Waals surface area contributed by atoms with E-state index >= 15 is 0 Å². The average molecular weight is 388 g/mol. The number of benzene rings is 2. The van der Waals surface area contributed by atoms with Gasteiger partial charge in [0.25, 0.3) is 0 Å². The van der Waals surface area contributed by atoms with Gasteiger partial charge in [-0.15, -0.1) is 0 Å². The lowest BCUT2D eigenvalue weighted by molar-refractivity contribution is 0.102. The number of ketones is 2. The molecule has 148 valence electrons. The lowest BCUT2D eigenvalue weighted by atomic mass is 10.1. The SMILES string of the molecule is COc1cc(C(=O)/C=C/C(=O)c2cc(OC)c(O)c(OC)c2)cc(OC)c1O. The molecule has 0 bridgehead atoms. The second-order valence-electron chi connectivity index (χ2n) is 5.52. The minimum atomic E-state index is -0.498. The van der Waals surface area contributed by atoms with Gasteiger partial charge >= 0.3 is 0 Å². The Kier molecular flexibility index (Phi) is 6.49. The van der Waals surface area contributed by atoms with E-state index in [9.17, 15) is 19.8 Å². The number of aromatic hydroxyl groups is 2. The molecule has 28 heavy (non-hydrogen) atoms. The Bertz CT molecular complexity index is 804. The maximum absolute atomic E-state index is 12.4. The number of rotatable bonds is 8. The Labute approximate surface area is 161 Å². The molecule has 0 atom stereocenters. The fourth-order valence-electron chi connectivity index (χ4n) is 2.42. The summed E-state index contributed by atoms with van der Waals surface area (Å²) in [5.41, 5.74) is 0.327. The molecule has 8 nitrogen and oxygen atoms in total. The highest BCUT2D eigenvalue weighted by Crippen LogP contribution is 2.38. The quantitative estimate of drug-likeness (QED) is 0.524. The molecule has 0 amide bonds. The van der Waals surface area contributed by atoms with E-state index in [4.69, 9.17) is 18.9 Å². The highest BCUT2D eigenvalue weighted by atomic mass is 16.5. The summed E-state index contributed by atoms with van der Waals surface area (Å²) in [5, 5.41) is 19.8. The van der Waals surface area contributed by atoms with E-state index in [2.05, 4.69) is 0 Å². The molecule has 0 radical (unpaired) electrons. The number of carbonyl (C=O) groups is 2. The van der Waals surface area contributed by atoms with Crippen molar-refractivity contribution in [2.24, 2.45) is 0 Å². The number of methoxy groups -OCH3 is 4. The van der Waals surface area contributed by atoms with Gasteiger partial charge in [-0.25, -0.2) is 0 Å². The predicted molar refractivity (Wildman–Crippen MR) is 100 cm³/mol. The Balaban J connectivity index is 2.31. The summed E-state index contributed by atoms with van der Waals surface area (Å²) in [6, 6.07) is 5.34. The van der Waals surface area contributed by atoms with E-state index in [0.29, 0.717) is 0 Å². The Morgan fingerprint density at radius 2 is 0.893 bits per heavy atom. The van der Waals surface area contributed by atoms with Crippen LogP contribution in [0, 0.1) is 0 Å². The molecule has 2 aromatic rings. The molecule has 0 saturated carbocycles. The molecular formula is C20H20O8. The Morgan fingerprint density at radius 3 is 1.11 bits per heavy atom. The fourth-order valence-corrected chi connectivity index (χ4v) is 2.42. The van der Waals surface area contributed by atoms with Crippen LogP contribution in [-0.4, -0.2) is 50.2 Å². The Morgan fingerprint density at radius 1 is 0.643 bits per heavy atom. The molecule has 0 aromatic heterocycles. The van der Waals surface area contributed by atoms with Crippen LogP contribution >= 0.6 is 0 Å². The van der Waals surface area contributed by atoms with Crippen LogP contribution in [0.2, 0.25) is 0 Å². The molecule has 2 N–H and O–H groups in total. The van der Waals surface area contributed by atoms with E-state index in [1.807, 2.05) is 0 Å². The van der Waals surface area contributed by atoms with Gasteiger partial charge in [0.15, 0.2) is 34.6 Å². The molecule has 0 aliphatic rings. The van der Waals surface area contributed by atoms with Gasteiger partial charge in [0.2, 0.25) is 11.5 Å². The number of phenolic OH excluding ortho intramolecular Hbond substituents is 2. The summed E-state index contributed by atoms with van der Waals surface area (Å²) in [6.07, 6.45) is 2.17. The van der Waals surface area contributed by atoms with Gasteiger partial charge in [0.1, 0.15) is 0 Å². The van der Waals surface area contributed by atoms with Crippen LogP contribution in [0.15, 0.2) is 36.4 Å². The largest absolute Gasteiger partial charge is 0.502 e. The summed E-state index contributed by atoms with van der Waals surface area (Å²) in [4.78, 5) is 24.8. The van der Waals surface area contributed by atoms with Gasteiger partial charge in [0, 0.05) is 11.1 Å². The smallest absolute Gasteiger partial charge is 0.200 e. The van der Waals surface area contributed by atoms with Crippen molar-refractivity contribution in [3.8, 4) is 34.5 Å². The Hall–Kier alpha value is -3.68. The molecule has 0 heterocycles. The number of carbonyl (C=O) groups excluding carboxylic acids is 2. The number of allylic oxidation sites excluding steroid dienone is 2. The van der Waals surface area contributed by atoms with Crippen LogP contribution in [0.4, 0.5) is 0 Å². The molecular weight excluding hydrogens is 368 g/mol. The van der Waals surface area contributed by atoms with Gasteiger partial charge in [-0.1, -0.05) is 0 Å². The van der Waals surface area contributed by atoms with Crippen molar-refractivity contribution in [2.75, 3.05) is 28.4 Å². The third-order valence-corrected chi connectivity index (χ3v) is 3.91. The molecule has 2 rings (SSSR count). The van der Waals surface area contributed by atoms with E-state index in [0.717, 1.165) is 12.2 Å². The van der Waals surface area contributed by atoms with E-state index < -0.39 is 11.6 Å².